The highest BCUT2D eigenvalue weighted by atomic mass is 32.2. The molecule has 1 amide bonds. The highest BCUT2D eigenvalue weighted by Gasteiger charge is 2.26. The van der Waals surface area contributed by atoms with Gasteiger partial charge in [-0.15, -0.1) is 0 Å². The molecule has 0 saturated carbocycles. The third kappa shape index (κ3) is 4.28. The molecule has 2 aromatic rings. The molecule has 0 aliphatic heterocycles. The smallest absolute Gasteiger partial charge is 0.243 e. The normalized spacial score (nSPS) is 12.7. The number of benzene rings is 1. The van der Waals surface area contributed by atoms with Gasteiger partial charge in [0.1, 0.15) is 5.82 Å². The van der Waals surface area contributed by atoms with Crippen LogP contribution in [-0.4, -0.2) is 25.4 Å². The van der Waals surface area contributed by atoms with E-state index in [1.807, 2.05) is 32.9 Å². The molecule has 0 aliphatic carbocycles. The van der Waals surface area contributed by atoms with E-state index in [0.717, 1.165) is 16.7 Å². The summed E-state index contributed by atoms with van der Waals surface area (Å²) in [6.07, 6.45) is 1.63. The molecular formula is C19H25N3O3S. The molecule has 1 aromatic carbocycles. The van der Waals surface area contributed by atoms with E-state index in [2.05, 4.69) is 15.0 Å². The van der Waals surface area contributed by atoms with Crippen molar-refractivity contribution in [2.75, 3.05) is 5.32 Å². The van der Waals surface area contributed by atoms with Gasteiger partial charge < -0.3 is 5.32 Å². The summed E-state index contributed by atoms with van der Waals surface area (Å²) in [5, 5.41) is 2.62. The van der Waals surface area contributed by atoms with Gasteiger partial charge in [0, 0.05) is 6.20 Å². The first-order valence-corrected chi connectivity index (χ1v) is 9.84. The van der Waals surface area contributed by atoms with Gasteiger partial charge in [-0.1, -0.05) is 12.1 Å². The van der Waals surface area contributed by atoms with E-state index < -0.39 is 22.0 Å². The predicted molar refractivity (Wildman–Crippen MR) is 103 cm³/mol. The summed E-state index contributed by atoms with van der Waals surface area (Å²) in [6, 6.07) is 4.51. The van der Waals surface area contributed by atoms with Crippen LogP contribution in [0.4, 0.5) is 5.82 Å². The molecule has 1 aromatic heterocycles. The van der Waals surface area contributed by atoms with Gasteiger partial charge in [0.15, 0.2) is 0 Å². The maximum atomic E-state index is 12.9. The Morgan fingerprint density at radius 3 is 2.12 bits per heavy atom. The summed E-state index contributed by atoms with van der Waals surface area (Å²) in [4.78, 5) is 16.7. The molecule has 2 N–H and O–H groups in total. The number of nitrogens with zero attached hydrogens (tertiary/aromatic N) is 1. The molecule has 6 nitrogen and oxygen atoms in total. The molecule has 140 valence electrons. The van der Waals surface area contributed by atoms with Crippen LogP contribution in [-0.2, 0) is 14.8 Å². The second kappa shape index (κ2) is 7.55. The number of amides is 1. The van der Waals surface area contributed by atoms with E-state index >= 15 is 0 Å². The molecule has 0 fully saturated rings. The van der Waals surface area contributed by atoms with E-state index in [9.17, 15) is 13.2 Å². The monoisotopic (exact) mass is 375 g/mol. The first-order valence-electron chi connectivity index (χ1n) is 8.36. The summed E-state index contributed by atoms with van der Waals surface area (Å²) < 4.78 is 28.2. The quantitative estimate of drug-likeness (QED) is 0.841. The number of carbonyl (C=O) groups is 1. The number of hydrogen-bond donors (Lipinski definition) is 2. The van der Waals surface area contributed by atoms with Gasteiger partial charge in [-0.3, -0.25) is 4.79 Å². The molecule has 0 unspecified atom stereocenters. The zero-order valence-corrected chi connectivity index (χ0v) is 16.8. The number of aromatic nitrogens is 1. The highest BCUT2D eigenvalue weighted by Crippen LogP contribution is 2.26. The molecule has 0 radical (unpaired) electrons. The first kappa shape index (κ1) is 20.1. The van der Waals surface area contributed by atoms with Crippen molar-refractivity contribution in [2.24, 2.45) is 0 Å². The molecular weight excluding hydrogens is 350 g/mol. The fourth-order valence-electron chi connectivity index (χ4n) is 2.71. The van der Waals surface area contributed by atoms with E-state index in [1.54, 1.807) is 26.1 Å². The Bertz CT molecular complexity index is 909. The van der Waals surface area contributed by atoms with E-state index in [-0.39, 0.29) is 4.90 Å². The standard InChI is InChI=1S/C19H25N3O3S/c1-11-7-8-17(20-10-11)21-19(23)16(6)22-26(24,25)18-14(4)12(2)9-13(3)15(18)5/h7-10,16,22H,1-6H3,(H,20,21,23)/t16-/m1/s1. The van der Waals surface area contributed by atoms with E-state index in [1.165, 1.54) is 6.92 Å². The van der Waals surface area contributed by atoms with Gasteiger partial charge in [0.05, 0.1) is 10.9 Å². The number of sulfonamides is 1. The van der Waals surface area contributed by atoms with Crippen LogP contribution in [0.2, 0.25) is 0 Å². The van der Waals surface area contributed by atoms with Crippen LogP contribution in [0, 0.1) is 34.6 Å². The van der Waals surface area contributed by atoms with Crippen LogP contribution in [0.3, 0.4) is 0 Å². The van der Waals surface area contributed by atoms with Crippen molar-refractivity contribution in [1.29, 1.82) is 0 Å². The Balaban J connectivity index is 2.24. The maximum Gasteiger partial charge on any atom is 0.243 e. The van der Waals surface area contributed by atoms with Crippen LogP contribution >= 0.6 is 0 Å². The first-order chi connectivity index (χ1) is 12.0. The summed E-state index contributed by atoms with van der Waals surface area (Å²) in [6.45, 7) is 10.7. The van der Waals surface area contributed by atoms with Crippen molar-refractivity contribution >= 4 is 21.7 Å². The minimum atomic E-state index is -3.84. The Morgan fingerprint density at radius 2 is 1.62 bits per heavy atom. The number of nitrogens with one attached hydrogen (secondary N) is 2. The fourth-order valence-corrected chi connectivity index (χ4v) is 4.52. The minimum absolute atomic E-state index is 0.239. The van der Waals surface area contributed by atoms with Gasteiger partial charge >= 0.3 is 0 Å². The average Bonchev–Trinajstić information content (AvgIpc) is 2.54. The van der Waals surface area contributed by atoms with Gasteiger partial charge in [-0.2, -0.15) is 4.72 Å². The average molecular weight is 375 g/mol. The Morgan fingerprint density at radius 1 is 1.04 bits per heavy atom. The number of carbonyl (C=O) groups excluding carboxylic acids is 1. The minimum Gasteiger partial charge on any atom is -0.309 e. The summed E-state index contributed by atoms with van der Waals surface area (Å²) in [5.41, 5.74) is 4.14. The lowest BCUT2D eigenvalue weighted by Crippen LogP contribution is -2.42. The van der Waals surface area contributed by atoms with Gasteiger partial charge in [0.2, 0.25) is 15.9 Å². The molecule has 0 saturated heterocycles. The van der Waals surface area contributed by atoms with Crippen molar-refractivity contribution in [2.45, 2.75) is 52.5 Å². The third-order valence-electron chi connectivity index (χ3n) is 4.45. The van der Waals surface area contributed by atoms with Crippen molar-refractivity contribution in [3.05, 3.63) is 52.2 Å². The largest absolute Gasteiger partial charge is 0.309 e. The highest BCUT2D eigenvalue weighted by molar-refractivity contribution is 7.89. The van der Waals surface area contributed by atoms with Crippen LogP contribution in [0.1, 0.15) is 34.7 Å². The number of pyridine rings is 1. The third-order valence-corrected chi connectivity index (χ3v) is 6.27. The molecule has 7 heteroatoms. The van der Waals surface area contributed by atoms with Crippen LogP contribution in [0.5, 0.6) is 0 Å². The Kier molecular flexibility index (Phi) is 5.83. The van der Waals surface area contributed by atoms with Crippen LogP contribution < -0.4 is 10.0 Å². The molecule has 0 bridgehead atoms. The van der Waals surface area contributed by atoms with Crippen molar-refractivity contribution in [3.8, 4) is 0 Å². The van der Waals surface area contributed by atoms with Crippen molar-refractivity contribution in [1.82, 2.24) is 9.71 Å². The zero-order valence-electron chi connectivity index (χ0n) is 16.0. The predicted octanol–water partition coefficient (Wildman–Crippen LogP) is 2.93. The molecule has 1 heterocycles. The SMILES string of the molecule is Cc1ccc(NC(=O)[C@@H](C)NS(=O)(=O)c2c(C)c(C)cc(C)c2C)nc1. The summed E-state index contributed by atoms with van der Waals surface area (Å²) in [5.74, 6) is -0.0879. The lowest BCUT2D eigenvalue weighted by Gasteiger charge is -2.19. The fraction of sp³-hybridized carbons (Fsp3) is 0.368. The van der Waals surface area contributed by atoms with E-state index in [0.29, 0.717) is 16.9 Å². The molecule has 0 aliphatic rings. The second-order valence-electron chi connectivity index (χ2n) is 6.64. The number of aryl methyl sites for hydroxylation is 3. The second-order valence-corrected chi connectivity index (χ2v) is 8.29. The summed E-state index contributed by atoms with van der Waals surface area (Å²) in [7, 11) is -3.84. The number of anilines is 1. The number of rotatable bonds is 5. The topological polar surface area (TPSA) is 88.2 Å². The molecule has 2 rings (SSSR count). The Hall–Kier alpha value is -2.25. The van der Waals surface area contributed by atoms with Crippen LogP contribution in [0.25, 0.3) is 0 Å². The molecule has 0 spiro atoms. The van der Waals surface area contributed by atoms with E-state index in [4.69, 9.17) is 0 Å². The van der Waals surface area contributed by atoms with Crippen molar-refractivity contribution < 1.29 is 13.2 Å². The van der Waals surface area contributed by atoms with Gasteiger partial charge in [-0.05, 0) is 75.4 Å². The van der Waals surface area contributed by atoms with Gasteiger partial charge in [0.25, 0.3) is 0 Å². The lowest BCUT2D eigenvalue weighted by molar-refractivity contribution is -0.117. The van der Waals surface area contributed by atoms with Crippen molar-refractivity contribution in [3.63, 3.8) is 0 Å². The summed E-state index contributed by atoms with van der Waals surface area (Å²) >= 11 is 0. The van der Waals surface area contributed by atoms with Crippen LogP contribution in [0.15, 0.2) is 29.3 Å². The lowest BCUT2D eigenvalue weighted by atomic mass is 10.0. The maximum absolute atomic E-state index is 12.9. The zero-order chi connectivity index (χ0) is 19.6. The van der Waals surface area contributed by atoms with Gasteiger partial charge in [-0.25, -0.2) is 13.4 Å². The Labute approximate surface area is 155 Å². The number of hydrogen-bond acceptors (Lipinski definition) is 4. The molecule has 1 atom stereocenters. The molecule has 26 heavy (non-hydrogen) atoms.